The zero-order valence-electron chi connectivity index (χ0n) is 10.9. The zero-order chi connectivity index (χ0) is 14.5. The number of rotatable bonds is 6. The van der Waals surface area contributed by atoms with Crippen LogP contribution in [0.2, 0.25) is 0 Å². The van der Waals surface area contributed by atoms with Crippen LogP contribution < -0.4 is 4.72 Å². The van der Waals surface area contributed by atoms with Gasteiger partial charge in [-0.05, 0) is 25.7 Å². The Balaban J connectivity index is 2.48. The molecule has 0 aliphatic heterocycles. The summed E-state index contributed by atoms with van der Waals surface area (Å²) in [5, 5.41) is 0. The standard InChI is InChI=1S/C11H20F3NO3S/c1-2-19(16,17)15-7-9-5-3-4-6-10(9)18-8-11(12,13)14/h9-10,15H,2-8H2,1H3/t9-,10+/m1/s1. The molecule has 4 nitrogen and oxygen atoms in total. The Kier molecular flexibility index (Phi) is 6.07. The highest BCUT2D eigenvalue weighted by Crippen LogP contribution is 2.28. The molecule has 1 aliphatic rings. The fourth-order valence-electron chi connectivity index (χ4n) is 2.16. The van der Waals surface area contributed by atoms with Crippen molar-refractivity contribution >= 4 is 10.0 Å². The van der Waals surface area contributed by atoms with Crippen molar-refractivity contribution in [3.05, 3.63) is 0 Å². The summed E-state index contributed by atoms with van der Waals surface area (Å²) >= 11 is 0. The first-order valence-electron chi connectivity index (χ1n) is 6.39. The maximum atomic E-state index is 12.1. The summed E-state index contributed by atoms with van der Waals surface area (Å²) < 4.78 is 66.4. The third-order valence-electron chi connectivity index (χ3n) is 3.25. The van der Waals surface area contributed by atoms with E-state index in [0.717, 1.165) is 12.8 Å². The predicted molar refractivity (Wildman–Crippen MR) is 65.2 cm³/mol. The molecule has 8 heteroatoms. The van der Waals surface area contributed by atoms with Gasteiger partial charge >= 0.3 is 6.18 Å². The third-order valence-corrected chi connectivity index (χ3v) is 4.61. The maximum Gasteiger partial charge on any atom is 0.411 e. The molecule has 0 aromatic heterocycles. The molecule has 0 spiro atoms. The molecule has 2 atom stereocenters. The van der Waals surface area contributed by atoms with E-state index in [1.807, 2.05) is 0 Å². The van der Waals surface area contributed by atoms with Gasteiger partial charge in [0.25, 0.3) is 0 Å². The van der Waals surface area contributed by atoms with E-state index in [4.69, 9.17) is 4.74 Å². The van der Waals surface area contributed by atoms with Gasteiger partial charge in [-0.3, -0.25) is 0 Å². The lowest BCUT2D eigenvalue weighted by atomic mass is 9.86. The SMILES string of the molecule is CCS(=O)(=O)NC[C@H]1CCCC[C@@H]1OCC(F)(F)F. The highest BCUT2D eigenvalue weighted by Gasteiger charge is 2.33. The molecule has 1 fully saturated rings. The molecule has 0 saturated heterocycles. The molecular weight excluding hydrogens is 283 g/mol. The normalized spacial score (nSPS) is 25.5. The molecule has 1 saturated carbocycles. The summed E-state index contributed by atoms with van der Waals surface area (Å²) in [5.41, 5.74) is 0. The number of nitrogens with one attached hydrogen (secondary N) is 1. The van der Waals surface area contributed by atoms with Gasteiger partial charge in [-0.15, -0.1) is 0 Å². The van der Waals surface area contributed by atoms with Crippen LogP contribution in [-0.2, 0) is 14.8 Å². The minimum Gasteiger partial charge on any atom is -0.368 e. The Morgan fingerprint density at radius 1 is 1.26 bits per heavy atom. The number of ether oxygens (including phenoxy) is 1. The maximum absolute atomic E-state index is 12.1. The first kappa shape index (κ1) is 16.7. The van der Waals surface area contributed by atoms with E-state index in [2.05, 4.69) is 4.72 Å². The summed E-state index contributed by atoms with van der Waals surface area (Å²) in [6, 6.07) is 0. The summed E-state index contributed by atoms with van der Waals surface area (Å²) in [6.07, 6.45) is -1.91. The number of halogens is 3. The van der Waals surface area contributed by atoms with Crippen molar-refractivity contribution in [3.8, 4) is 0 Å². The van der Waals surface area contributed by atoms with E-state index in [0.29, 0.717) is 12.8 Å². The van der Waals surface area contributed by atoms with Gasteiger partial charge in [0, 0.05) is 6.54 Å². The van der Waals surface area contributed by atoms with Crippen molar-refractivity contribution < 1.29 is 26.3 Å². The Bertz CT molecular complexity index is 370. The molecule has 0 aromatic carbocycles. The minimum absolute atomic E-state index is 0.0339. The Labute approximate surface area is 111 Å². The van der Waals surface area contributed by atoms with Crippen molar-refractivity contribution in [2.75, 3.05) is 18.9 Å². The lowest BCUT2D eigenvalue weighted by Crippen LogP contribution is -2.39. The molecule has 1 rings (SSSR count). The van der Waals surface area contributed by atoms with Crippen LogP contribution in [0, 0.1) is 5.92 Å². The van der Waals surface area contributed by atoms with Crippen LogP contribution in [-0.4, -0.2) is 39.6 Å². The Hall–Kier alpha value is -0.340. The van der Waals surface area contributed by atoms with Crippen LogP contribution in [0.15, 0.2) is 0 Å². The minimum atomic E-state index is -4.34. The average molecular weight is 303 g/mol. The summed E-state index contributed by atoms with van der Waals surface area (Å²) in [7, 11) is -3.31. The van der Waals surface area contributed by atoms with E-state index in [1.165, 1.54) is 6.92 Å². The van der Waals surface area contributed by atoms with E-state index in [9.17, 15) is 21.6 Å². The molecule has 0 unspecified atom stereocenters. The highest BCUT2D eigenvalue weighted by molar-refractivity contribution is 7.89. The summed E-state index contributed by atoms with van der Waals surface area (Å²) in [4.78, 5) is 0. The second-order valence-electron chi connectivity index (χ2n) is 4.76. The third kappa shape index (κ3) is 6.58. The molecule has 114 valence electrons. The van der Waals surface area contributed by atoms with Crippen LogP contribution in [0.1, 0.15) is 32.6 Å². The van der Waals surface area contributed by atoms with Crippen molar-refractivity contribution in [2.24, 2.45) is 5.92 Å². The van der Waals surface area contributed by atoms with Crippen LogP contribution >= 0.6 is 0 Å². The monoisotopic (exact) mass is 303 g/mol. The van der Waals surface area contributed by atoms with E-state index in [-0.39, 0.29) is 18.2 Å². The van der Waals surface area contributed by atoms with Crippen LogP contribution in [0.25, 0.3) is 0 Å². The van der Waals surface area contributed by atoms with Crippen molar-refractivity contribution in [3.63, 3.8) is 0 Å². The first-order valence-corrected chi connectivity index (χ1v) is 8.04. The highest BCUT2D eigenvalue weighted by atomic mass is 32.2. The lowest BCUT2D eigenvalue weighted by molar-refractivity contribution is -0.193. The number of hydrogen-bond donors (Lipinski definition) is 1. The zero-order valence-corrected chi connectivity index (χ0v) is 11.7. The van der Waals surface area contributed by atoms with Gasteiger partial charge in [-0.1, -0.05) is 12.8 Å². The fourth-order valence-corrected chi connectivity index (χ4v) is 2.84. The number of sulfonamides is 1. The molecule has 0 radical (unpaired) electrons. The van der Waals surface area contributed by atoms with Crippen LogP contribution in [0.4, 0.5) is 13.2 Å². The second-order valence-corrected chi connectivity index (χ2v) is 6.86. The second kappa shape index (κ2) is 6.90. The van der Waals surface area contributed by atoms with Crippen molar-refractivity contribution in [1.82, 2.24) is 4.72 Å². The molecule has 1 aliphatic carbocycles. The predicted octanol–water partition coefficient (Wildman–Crippen LogP) is 2.06. The van der Waals surface area contributed by atoms with Crippen LogP contribution in [0.5, 0.6) is 0 Å². The van der Waals surface area contributed by atoms with Gasteiger partial charge in [0.1, 0.15) is 6.61 Å². The van der Waals surface area contributed by atoms with Gasteiger partial charge in [-0.2, -0.15) is 13.2 Å². The molecule has 1 N–H and O–H groups in total. The molecule has 0 amide bonds. The van der Waals surface area contributed by atoms with Gasteiger partial charge in [0.15, 0.2) is 0 Å². The summed E-state index contributed by atoms with van der Waals surface area (Å²) in [6.45, 7) is 0.397. The molecule has 19 heavy (non-hydrogen) atoms. The van der Waals surface area contributed by atoms with Gasteiger partial charge in [0.2, 0.25) is 10.0 Å². The largest absolute Gasteiger partial charge is 0.411 e. The number of hydrogen-bond acceptors (Lipinski definition) is 3. The van der Waals surface area contributed by atoms with Crippen molar-refractivity contribution in [2.45, 2.75) is 44.9 Å². The lowest BCUT2D eigenvalue weighted by Gasteiger charge is -2.31. The molecular formula is C11H20F3NO3S. The quantitative estimate of drug-likeness (QED) is 0.817. The van der Waals surface area contributed by atoms with Gasteiger partial charge in [0.05, 0.1) is 11.9 Å². The summed E-state index contributed by atoms with van der Waals surface area (Å²) in [5.74, 6) is -0.217. The van der Waals surface area contributed by atoms with Gasteiger partial charge < -0.3 is 4.74 Å². The first-order chi connectivity index (χ1) is 8.73. The van der Waals surface area contributed by atoms with E-state index in [1.54, 1.807) is 0 Å². The Morgan fingerprint density at radius 3 is 2.47 bits per heavy atom. The fraction of sp³-hybridized carbons (Fsp3) is 1.00. The Morgan fingerprint density at radius 2 is 1.89 bits per heavy atom. The van der Waals surface area contributed by atoms with E-state index >= 15 is 0 Å². The van der Waals surface area contributed by atoms with E-state index < -0.39 is 28.9 Å². The van der Waals surface area contributed by atoms with Gasteiger partial charge in [-0.25, -0.2) is 13.1 Å². The van der Waals surface area contributed by atoms with Crippen LogP contribution in [0.3, 0.4) is 0 Å². The molecule has 0 heterocycles. The molecule has 0 bridgehead atoms. The number of alkyl halides is 3. The topological polar surface area (TPSA) is 55.4 Å². The smallest absolute Gasteiger partial charge is 0.368 e. The molecule has 0 aromatic rings. The average Bonchev–Trinajstić information content (AvgIpc) is 2.34. The van der Waals surface area contributed by atoms with Crippen molar-refractivity contribution in [1.29, 1.82) is 0 Å².